The Labute approximate surface area is 442 Å². The summed E-state index contributed by atoms with van der Waals surface area (Å²) in [4.78, 5) is 42.9. The predicted octanol–water partition coefficient (Wildman–Crippen LogP) is 14.7. The van der Waals surface area contributed by atoms with Crippen molar-refractivity contribution in [2.45, 2.75) is 132 Å². The van der Waals surface area contributed by atoms with Crippen LogP contribution in [0.15, 0.2) is 106 Å². The number of carboxylic acids is 2. The van der Waals surface area contributed by atoms with Gasteiger partial charge in [-0.1, -0.05) is 83.1 Å². The van der Waals surface area contributed by atoms with Gasteiger partial charge >= 0.3 is 23.9 Å². The average Bonchev–Trinajstić information content (AvgIpc) is 4.10. The molecule has 0 saturated heterocycles. The summed E-state index contributed by atoms with van der Waals surface area (Å²) in [7, 11) is 0. The molecular weight excluding hydrogens is 1180 g/mol. The molecule has 0 fully saturated rings. The number of hydrogen-bond donors (Lipinski definition) is 4. The van der Waals surface area contributed by atoms with Crippen LogP contribution in [0, 0.1) is 0 Å². The summed E-state index contributed by atoms with van der Waals surface area (Å²) in [5.74, 6) is -1.28. The molecule has 6 rings (SSSR count). The topological polar surface area (TPSA) is 246 Å². The van der Waals surface area contributed by atoms with E-state index in [0.717, 1.165) is 26.9 Å². The number of rotatable bonds is 8. The van der Waals surface area contributed by atoms with Gasteiger partial charge in [-0.15, -0.1) is 0 Å². The van der Waals surface area contributed by atoms with Crippen LogP contribution in [0.3, 0.4) is 0 Å². The first kappa shape index (κ1) is 63.4. The van der Waals surface area contributed by atoms with Crippen molar-refractivity contribution in [3.63, 3.8) is 0 Å². The molecule has 388 valence electrons. The van der Waals surface area contributed by atoms with Crippen molar-refractivity contribution in [3.05, 3.63) is 137 Å². The van der Waals surface area contributed by atoms with E-state index in [9.17, 15) is 19.2 Å². The van der Waals surface area contributed by atoms with E-state index in [0.29, 0.717) is 38.7 Å². The Morgan fingerprint density at radius 1 is 0.486 bits per heavy atom. The molecule has 4 N–H and O–H groups in total. The second kappa shape index (κ2) is 28.4. The lowest BCUT2D eigenvalue weighted by Gasteiger charge is -2.15. The smallest absolute Gasteiger partial charge is 0.374 e. The number of carbonyl (C=O) groups excluding carboxylic acids is 2. The third-order valence-corrected chi connectivity index (χ3v) is 10.9. The highest BCUT2D eigenvalue weighted by Gasteiger charge is 2.25. The van der Waals surface area contributed by atoms with Gasteiger partial charge in [0.2, 0.25) is 23.0 Å². The third kappa shape index (κ3) is 22.2. The van der Waals surface area contributed by atoms with E-state index in [4.69, 9.17) is 47.2 Å². The van der Waals surface area contributed by atoms with Gasteiger partial charge in [0.05, 0.1) is 25.7 Å². The normalized spacial score (nSPS) is 11.1. The Morgan fingerprint density at radius 3 is 1.19 bits per heavy atom. The van der Waals surface area contributed by atoms with Gasteiger partial charge in [-0.05, 0) is 159 Å². The summed E-state index contributed by atoms with van der Waals surface area (Å²) in [5, 5.41) is 34.4. The number of aliphatic hydroxyl groups excluding tert-OH is 2. The van der Waals surface area contributed by atoms with E-state index in [1.807, 2.05) is 32.9 Å². The fourth-order valence-electron chi connectivity index (χ4n) is 4.94. The lowest BCUT2D eigenvalue weighted by Crippen LogP contribution is -2.10. The van der Waals surface area contributed by atoms with Gasteiger partial charge in [0, 0.05) is 11.1 Å². The number of carbonyl (C=O) groups is 4. The third-order valence-electron chi connectivity index (χ3n) is 8.86. The maximum atomic E-state index is 11.4. The van der Waals surface area contributed by atoms with Crippen LogP contribution in [0.1, 0.15) is 173 Å². The van der Waals surface area contributed by atoms with Gasteiger partial charge in [-0.2, -0.15) is 0 Å². The number of esters is 2. The number of furan rings is 6. The Hall–Kier alpha value is -4.60. The van der Waals surface area contributed by atoms with Crippen LogP contribution in [0.4, 0.5) is 0 Å². The zero-order chi connectivity index (χ0) is 53.9. The van der Waals surface area contributed by atoms with Crippen LogP contribution in [0.2, 0.25) is 0 Å². The molecule has 0 unspecified atom stereocenters. The van der Waals surface area contributed by atoms with Crippen molar-refractivity contribution < 1.29 is 75.6 Å². The fourth-order valence-corrected chi connectivity index (χ4v) is 7.36. The van der Waals surface area contributed by atoms with E-state index in [-0.39, 0.29) is 57.9 Å². The lowest BCUT2D eigenvalue weighted by atomic mass is 9.89. The van der Waals surface area contributed by atoms with Crippen LogP contribution in [0.5, 0.6) is 0 Å². The van der Waals surface area contributed by atoms with Crippen molar-refractivity contribution in [2.75, 3.05) is 13.2 Å². The molecule has 0 aromatic carbocycles. The Bertz CT molecular complexity index is 2540. The molecule has 6 aromatic heterocycles. The van der Waals surface area contributed by atoms with E-state index in [1.54, 1.807) is 44.4 Å². The molecule has 6 aromatic rings. The van der Waals surface area contributed by atoms with Gasteiger partial charge < -0.3 is 56.4 Å². The van der Waals surface area contributed by atoms with Crippen molar-refractivity contribution in [2.24, 2.45) is 0 Å². The summed E-state index contributed by atoms with van der Waals surface area (Å²) in [6, 6.07) is 13.2. The number of halogens is 4. The van der Waals surface area contributed by atoms with Crippen molar-refractivity contribution in [3.8, 4) is 0 Å². The summed E-state index contributed by atoms with van der Waals surface area (Å²) in [6.07, 6.45) is 3.19. The molecule has 20 heteroatoms. The Morgan fingerprint density at radius 2 is 0.900 bits per heavy atom. The molecule has 16 nitrogen and oxygen atoms in total. The molecule has 70 heavy (non-hydrogen) atoms. The molecule has 0 aliphatic carbocycles. The minimum atomic E-state index is -1.05. The van der Waals surface area contributed by atoms with Gasteiger partial charge in [0.15, 0.2) is 18.7 Å². The molecular formula is C50H64Br4O16. The molecule has 0 spiro atoms. The van der Waals surface area contributed by atoms with E-state index < -0.39 is 23.9 Å². The second-order valence-corrected chi connectivity index (χ2v) is 21.8. The number of aliphatic hydroxyl groups is 2. The first-order chi connectivity index (χ1) is 32.2. The largest absolute Gasteiger partial charge is 0.475 e. The van der Waals surface area contributed by atoms with Crippen molar-refractivity contribution in [1.82, 2.24) is 0 Å². The SMILES string of the molecule is CC(C)(C)c1cc(CO)oc1Br.CC(C)(C)c1coc(C(=O)O)c1.CC(C)(C)c1coc(CO)c1.CCOC(=O)c1cc(C(C)(C)C)c(Br)o1.CCOC(=O)c1ccc(Br)o1.O=C(O)c1ccc(Br)o1. The molecule has 6 heterocycles. The first-order valence-corrected chi connectivity index (χ1v) is 24.7. The molecule has 0 radical (unpaired) electrons. The molecule has 0 amide bonds. The Kier molecular flexibility index (Phi) is 25.8. The van der Waals surface area contributed by atoms with Gasteiger partial charge in [-0.25, -0.2) is 19.2 Å². The van der Waals surface area contributed by atoms with Gasteiger partial charge in [-0.3, -0.25) is 0 Å². The highest BCUT2D eigenvalue weighted by molar-refractivity contribution is 9.11. The monoisotopic (exact) mass is 1240 g/mol. The van der Waals surface area contributed by atoms with Crippen LogP contribution < -0.4 is 0 Å². The summed E-state index contributed by atoms with van der Waals surface area (Å²) < 4.78 is 41.9. The molecule has 0 aliphatic heterocycles. The standard InChI is InChI=1S/C11H15BrO3.C9H13BrO2.C9H12O3.C9H14O2.C7H7BrO3.C5H3BrO3/c1-5-14-10(13)8-6-7(9(12)15-8)11(2,3)4;1-9(2,3)7-4-6(5-11)12-8(7)10;1-9(2,3)6-4-7(8(10)11)12-5-6;1-9(2,3)7-4-8(5-10)11-6-7;1-2-10-7(9)5-3-4-6(8)11-5;6-4-2-1-3(9-4)5(7)8/h6H,5H2,1-4H3;4,11H,5H2,1-3H3;4-5H,1-3H3,(H,10,11);4,6,10H,5H2,1-3H3;3-4H,2H2,1H3;1-2H,(H,7,8). The molecule has 0 bridgehead atoms. The summed E-state index contributed by atoms with van der Waals surface area (Å²) in [6.45, 7) is 29.0. The predicted molar refractivity (Wildman–Crippen MR) is 276 cm³/mol. The minimum Gasteiger partial charge on any atom is -0.475 e. The van der Waals surface area contributed by atoms with Crippen LogP contribution in [0.25, 0.3) is 0 Å². The minimum absolute atomic E-state index is 0.0000694. The fraction of sp³-hybridized carbons (Fsp3) is 0.440. The van der Waals surface area contributed by atoms with Crippen molar-refractivity contribution >= 4 is 87.6 Å². The maximum Gasteiger partial charge on any atom is 0.374 e. The molecule has 0 aliphatic rings. The maximum absolute atomic E-state index is 11.4. The van der Waals surface area contributed by atoms with Gasteiger partial charge in [0.25, 0.3) is 0 Å². The second-order valence-electron chi connectivity index (χ2n) is 18.8. The molecule has 0 saturated carbocycles. The van der Waals surface area contributed by atoms with Gasteiger partial charge in [0.1, 0.15) is 24.7 Å². The van der Waals surface area contributed by atoms with Crippen LogP contribution >= 0.6 is 63.7 Å². The summed E-state index contributed by atoms with van der Waals surface area (Å²) >= 11 is 12.7. The summed E-state index contributed by atoms with van der Waals surface area (Å²) in [5.41, 5.74) is 4.12. The van der Waals surface area contributed by atoms with E-state index in [1.165, 1.54) is 18.4 Å². The number of ether oxygens (including phenoxy) is 2. The number of carboxylic acid groups (broad SMARTS) is 2. The lowest BCUT2D eigenvalue weighted by molar-refractivity contribution is 0.0480. The van der Waals surface area contributed by atoms with Crippen LogP contribution in [-0.4, -0.2) is 57.5 Å². The highest BCUT2D eigenvalue weighted by Crippen LogP contribution is 2.34. The van der Waals surface area contributed by atoms with Crippen molar-refractivity contribution in [1.29, 1.82) is 0 Å². The highest BCUT2D eigenvalue weighted by atomic mass is 79.9. The molecule has 0 atom stereocenters. The van der Waals surface area contributed by atoms with E-state index >= 15 is 0 Å². The average molecular weight is 1240 g/mol. The zero-order valence-electron chi connectivity index (χ0n) is 41.8. The zero-order valence-corrected chi connectivity index (χ0v) is 48.1. The number of aromatic carboxylic acids is 2. The van der Waals surface area contributed by atoms with Crippen LogP contribution in [-0.2, 0) is 44.3 Å². The Balaban J connectivity index is 0.000000422. The quantitative estimate of drug-likeness (QED) is 0.103. The first-order valence-electron chi connectivity index (χ1n) is 21.5. The number of hydrogen-bond acceptors (Lipinski definition) is 14. The van der Waals surface area contributed by atoms with E-state index in [2.05, 4.69) is 135 Å².